The molecular weight excluding hydrogens is 152 g/mol. The highest BCUT2D eigenvalue weighted by atomic mass is 14.8. The fraction of sp³-hybridized carbons (Fsp3) is 0. The van der Waals surface area contributed by atoms with Gasteiger partial charge >= 0.3 is 0 Å². The minimum absolute atomic E-state index is 0.620. The van der Waals surface area contributed by atoms with E-state index in [4.69, 9.17) is 11.5 Å². The molecule has 0 aliphatic heterocycles. The molecule has 0 saturated heterocycles. The van der Waals surface area contributed by atoms with Gasteiger partial charge in [-0.25, -0.2) is 9.97 Å². The molecule has 12 heavy (non-hydrogen) atoms. The molecule has 0 saturated carbocycles. The summed E-state index contributed by atoms with van der Waals surface area (Å²) < 4.78 is 0. The van der Waals surface area contributed by atoms with E-state index in [0.717, 1.165) is 5.39 Å². The zero-order chi connectivity index (χ0) is 8.55. The van der Waals surface area contributed by atoms with Gasteiger partial charge < -0.3 is 11.5 Å². The standard InChI is InChI=1S/C8H8N4/c9-6-1-5-2-7(10)4-12-8(5)11-3-6/h1-4H,9-10H2. The normalized spacial score (nSPS) is 10.3. The van der Waals surface area contributed by atoms with Crippen molar-refractivity contribution >= 4 is 22.4 Å². The van der Waals surface area contributed by atoms with E-state index in [9.17, 15) is 0 Å². The molecule has 4 heteroatoms. The Hall–Kier alpha value is -1.84. The second-order valence-corrected chi connectivity index (χ2v) is 2.58. The Bertz CT molecular complexity index is 388. The Morgan fingerprint density at radius 1 is 0.917 bits per heavy atom. The molecule has 0 radical (unpaired) electrons. The zero-order valence-corrected chi connectivity index (χ0v) is 6.36. The highest BCUT2D eigenvalue weighted by molar-refractivity contribution is 5.80. The number of nitrogens with zero attached hydrogens (tertiary/aromatic N) is 2. The molecule has 4 nitrogen and oxygen atoms in total. The van der Waals surface area contributed by atoms with Crippen molar-refractivity contribution in [1.82, 2.24) is 9.97 Å². The quantitative estimate of drug-likeness (QED) is 0.597. The molecule has 2 aromatic heterocycles. The zero-order valence-electron chi connectivity index (χ0n) is 6.36. The molecular formula is C8H8N4. The monoisotopic (exact) mass is 160 g/mol. The Morgan fingerprint density at radius 3 is 1.92 bits per heavy atom. The maximum absolute atomic E-state index is 5.54. The smallest absolute Gasteiger partial charge is 0.159 e. The molecule has 0 fully saturated rings. The molecule has 4 N–H and O–H groups in total. The first kappa shape index (κ1) is 6.84. The summed E-state index contributed by atoms with van der Waals surface area (Å²) in [5, 5.41) is 0.870. The van der Waals surface area contributed by atoms with Gasteiger partial charge in [0.2, 0.25) is 0 Å². The number of fused-ring (bicyclic) bond motifs is 1. The van der Waals surface area contributed by atoms with Crippen LogP contribution < -0.4 is 11.5 Å². The summed E-state index contributed by atoms with van der Waals surface area (Å²) in [5.41, 5.74) is 13.0. The highest BCUT2D eigenvalue weighted by Gasteiger charge is 1.96. The molecule has 0 atom stereocenters. The first-order chi connectivity index (χ1) is 5.75. The van der Waals surface area contributed by atoms with E-state index in [1.54, 1.807) is 24.5 Å². The molecule has 0 spiro atoms. The number of hydrogen-bond donors (Lipinski definition) is 2. The third-order valence-electron chi connectivity index (χ3n) is 1.57. The topological polar surface area (TPSA) is 77.8 Å². The number of nitrogens with two attached hydrogens (primary N) is 2. The molecule has 2 aromatic rings. The van der Waals surface area contributed by atoms with E-state index >= 15 is 0 Å². The summed E-state index contributed by atoms with van der Waals surface area (Å²) in [4.78, 5) is 8.06. The minimum atomic E-state index is 0.620. The fourth-order valence-corrected chi connectivity index (χ4v) is 1.06. The average molecular weight is 160 g/mol. The second kappa shape index (κ2) is 2.34. The van der Waals surface area contributed by atoms with Gasteiger partial charge in [-0.15, -0.1) is 0 Å². The summed E-state index contributed by atoms with van der Waals surface area (Å²) in [7, 11) is 0. The number of aromatic nitrogens is 2. The van der Waals surface area contributed by atoms with Crippen molar-refractivity contribution in [2.24, 2.45) is 0 Å². The van der Waals surface area contributed by atoms with Gasteiger partial charge in [-0.2, -0.15) is 0 Å². The third kappa shape index (κ3) is 1.03. The van der Waals surface area contributed by atoms with Gasteiger partial charge in [-0.3, -0.25) is 0 Å². The molecule has 0 unspecified atom stereocenters. The van der Waals surface area contributed by atoms with Gasteiger partial charge in [0.25, 0.3) is 0 Å². The van der Waals surface area contributed by atoms with Gasteiger partial charge in [0.05, 0.1) is 23.8 Å². The Labute approximate surface area is 69.2 Å². The van der Waals surface area contributed by atoms with E-state index < -0.39 is 0 Å². The lowest BCUT2D eigenvalue weighted by Gasteiger charge is -1.98. The van der Waals surface area contributed by atoms with Crippen molar-refractivity contribution in [2.45, 2.75) is 0 Å². The Balaban J connectivity index is 2.80. The van der Waals surface area contributed by atoms with Gasteiger partial charge in [-0.05, 0) is 12.1 Å². The van der Waals surface area contributed by atoms with Crippen LogP contribution in [-0.2, 0) is 0 Å². The van der Waals surface area contributed by atoms with Crippen LogP contribution in [0, 0.1) is 0 Å². The molecule has 0 aromatic carbocycles. The van der Waals surface area contributed by atoms with E-state index in [1.807, 2.05) is 0 Å². The molecule has 0 aliphatic rings. The van der Waals surface area contributed by atoms with E-state index in [-0.39, 0.29) is 0 Å². The largest absolute Gasteiger partial charge is 0.397 e. The van der Waals surface area contributed by atoms with Crippen LogP contribution in [0.5, 0.6) is 0 Å². The van der Waals surface area contributed by atoms with Crippen molar-refractivity contribution in [3.8, 4) is 0 Å². The molecule has 2 rings (SSSR count). The highest BCUT2D eigenvalue weighted by Crippen LogP contribution is 2.14. The summed E-state index contributed by atoms with van der Waals surface area (Å²) in [6, 6.07) is 3.59. The number of pyridine rings is 2. The van der Waals surface area contributed by atoms with Crippen molar-refractivity contribution in [1.29, 1.82) is 0 Å². The third-order valence-corrected chi connectivity index (χ3v) is 1.57. The van der Waals surface area contributed by atoms with E-state index in [0.29, 0.717) is 17.0 Å². The molecule has 0 amide bonds. The van der Waals surface area contributed by atoms with Gasteiger partial charge in [0.1, 0.15) is 0 Å². The van der Waals surface area contributed by atoms with Gasteiger partial charge in [0, 0.05) is 5.39 Å². The van der Waals surface area contributed by atoms with Crippen LogP contribution in [0.3, 0.4) is 0 Å². The first-order valence-corrected chi connectivity index (χ1v) is 3.52. The Kier molecular flexibility index (Phi) is 1.33. The van der Waals surface area contributed by atoms with Gasteiger partial charge in [0.15, 0.2) is 5.65 Å². The predicted molar refractivity (Wildman–Crippen MR) is 48.4 cm³/mol. The summed E-state index contributed by atoms with van der Waals surface area (Å²) in [5.74, 6) is 0. The summed E-state index contributed by atoms with van der Waals surface area (Å²) >= 11 is 0. The summed E-state index contributed by atoms with van der Waals surface area (Å²) in [6.45, 7) is 0. The Morgan fingerprint density at radius 2 is 1.42 bits per heavy atom. The summed E-state index contributed by atoms with van der Waals surface area (Å²) in [6.07, 6.45) is 3.15. The fourth-order valence-electron chi connectivity index (χ4n) is 1.06. The molecule has 0 bridgehead atoms. The van der Waals surface area contributed by atoms with Crippen LogP contribution in [0.2, 0.25) is 0 Å². The van der Waals surface area contributed by atoms with Crippen LogP contribution in [0.4, 0.5) is 11.4 Å². The van der Waals surface area contributed by atoms with Gasteiger partial charge in [-0.1, -0.05) is 0 Å². The molecule has 0 aliphatic carbocycles. The molecule has 60 valence electrons. The van der Waals surface area contributed by atoms with Crippen LogP contribution in [0.25, 0.3) is 11.0 Å². The van der Waals surface area contributed by atoms with Crippen molar-refractivity contribution in [2.75, 3.05) is 11.5 Å². The van der Waals surface area contributed by atoms with E-state index in [1.165, 1.54) is 0 Å². The average Bonchev–Trinajstić information content (AvgIpc) is 2.03. The van der Waals surface area contributed by atoms with Crippen molar-refractivity contribution in [3.05, 3.63) is 24.5 Å². The van der Waals surface area contributed by atoms with Crippen LogP contribution in [0.1, 0.15) is 0 Å². The number of anilines is 2. The number of rotatable bonds is 0. The molecule has 2 heterocycles. The van der Waals surface area contributed by atoms with Crippen molar-refractivity contribution < 1.29 is 0 Å². The second-order valence-electron chi connectivity index (χ2n) is 2.58. The lowest BCUT2D eigenvalue weighted by atomic mass is 10.2. The maximum Gasteiger partial charge on any atom is 0.159 e. The lowest BCUT2D eigenvalue weighted by Crippen LogP contribution is -1.91. The minimum Gasteiger partial charge on any atom is -0.397 e. The van der Waals surface area contributed by atoms with E-state index in [2.05, 4.69) is 9.97 Å². The van der Waals surface area contributed by atoms with Crippen molar-refractivity contribution in [3.63, 3.8) is 0 Å². The number of nitrogen functional groups attached to an aromatic ring is 2. The van der Waals surface area contributed by atoms with Crippen LogP contribution >= 0.6 is 0 Å². The van der Waals surface area contributed by atoms with Crippen LogP contribution in [0.15, 0.2) is 24.5 Å². The SMILES string of the molecule is Nc1cnc2ncc(N)cc2c1. The maximum atomic E-state index is 5.54. The van der Waals surface area contributed by atoms with Crippen LogP contribution in [-0.4, -0.2) is 9.97 Å². The lowest BCUT2D eigenvalue weighted by molar-refractivity contribution is 1.29. The predicted octanol–water partition coefficient (Wildman–Crippen LogP) is 0.794. The first-order valence-electron chi connectivity index (χ1n) is 3.52. The number of hydrogen-bond acceptors (Lipinski definition) is 4.